The first-order valence-corrected chi connectivity index (χ1v) is 12.0. The van der Waals surface area contributed by atoms with Gasteiger partial charge in [-0.2, -0.15) is 8.42 Å². The van der Waals surface area contributed by atoms with E-state index in [1.54, 1.807) is 0 Å². The number of hydrogen-bond donors (Lipinski definition) is 2. The van der Waals surface area contributed by atoms with Crippen molar-refractivity contribution in [3.63, 3.8) is 0 Å². The van der Waals surface area contributed by atoms with Crippen LogP contribution in [0.25, 0.3) is 0 Å². The quantitative estimate of drug-likeness (QED) is 0.219. The van der Waals surface area contributed by atoms with Gasteiger partial charge in [0.1, 0.15) is 0 Å². The molecule has 0 aliphatic heterocycles. The van der Waals surface area contributed by atoms with E-state index in [9.17, 15) is 18.1 Å². The second kappa shape index (κ2) is 15.0. The maximum atomic E-state index is 11.5. The summed E-state index contributed by atoms with van der Waals surface area (Å²) in [5.74, 6) is 0. The van der Waals surface area contributed by atoms with Crippen molar-refractivity contribution in [3.8, 4) is 0 Å². The van der Waals surface area contributed by atoms with Crippen LogP contribution < -0.4 is 0 Å². The van der Waals surface area contributed by atoms with Gasteiger partial charge in [-0.15, -0.1) is 0 Å². The van der Waals surface area contributed by atoms with E-state index in [1.165, 1.54) is 51.4 Å². The molecule has 0 aromatic heterocycles. The van der Waals surface area contributed by atoms with E-state index < -0.39 is 15.1 Å². The molecule has 0 aromatic rings. The Morgan fingerprint density at radius 1 is 0.600 bits per heavy atom. The normalized spacial score (nSPS) is 14.6. The van der Waals surface area contributed by atoms with Crippen molar-refractivity contribution in [1.29, 1.82) is 0 Å². The van der Waals surface area contributed by atoms with Crippen LogP contribution in [0, 0.1) is 0 Å². The highest BCUT2D eigenvalue weighted by Gasteiger charge is 2.39. The van der Waals surface area contributed by atoms with Crippen LogP contribution in [-0.2, 0) is 10.1 Å². The topological polar surface area (TPSA) is 74.6 Å². The van der Waals surface area contributed by atoms with E-state index in [0.717, 1.165) is 32.1 Å². The van der Waals surface area contributed by atoms with E-state index in [4.69, 9.17) is 0 Å². The van der Waals surface area contributed by atoms with E-state index in [1.807, 2.05) is 0 Å². The summed E-state index contributed by atoms with van der Waals surface area (Å²) in [6.07, 6.45) is 16.9. The predicted octanol–water partition coefficient (Wildman–Crippen LogP) is 6.23. The molecule has 0 aliphatic carbocycles. The predicted molar refractivity (Wildman–Crippen MR) is 106 cm³/mol. The molecular weight excluding hydrogens is 336 g/mol. The van der Waals surface area contributed by atoms with Crippen LogP contribution in [-0.4, -0.2) is 23.0 Å². The van der Waals surface area contributed by atoms with Crippen molar-refractivity contribution in [2.45, 2.75) is 128 Å². The van der Waals surface area contributed by atoms with Gasteiger partial charge in [0.05, 0.1) is 0 Å². The fourth-order valence-corrected chi connectivity index (χ4v) is 4.08. The van der Waals surface area contributed by atoms with Gasteiger partial charge in [-0.3, -0.25) is 4.55 Å². The van der Waals surface area contributed by atoms with Gasteiger partial charge < -0.3 is 5.11 Å². The molecule has 0 aliphatic rings. The molecule has 0 saturated carbocycles. The zero-order chi connectivity index (χ0) is 19.0. The lowest BCUT2D eigenvalue weighted by molar-refractivity contribution is 0.0884. The van der Waals surface area contributed by atoms with E-state index in [-0.39, 0.29) is 12.8 Å². The minimum absolute atomic E-state index is 0.142. The Morgan fingerprint density at radius 3 is 1.20 bits per heavy atom. The van der Waals surface area contributed by atoms with Crippen LogP contribution in [0.4, 0.5) is 0 Å². The molecule has 0 spiro atoms. The molecule has 0 heterocycles. The van der Waals surface area contributed by atoms with Gasteiger partial charge in [-0.25, -0.2) is 0 Å². The summed E-state index contributed by atoms with van der Waals surface area (Å²) in [6.45, 7) is 4.31. The van der Waals surface area contributed by atoms with Gasteiger partial charge in [0.25, 0.3) is 10.1 Å². The Bertz CT molecular complexity index is 395. The summed E-state index contributed by atoms with van der Waals surface area (Å²) in [6, 6.07) is 0. The van der Waals surface area contributed by atoms with Crippen molar-refractivity contribution in [2.24, 2.45) is 0 Å². The average Bonchev–Trinajstić information content (AvgIpc) is 2.55. The second-order valence-corrected chi connectivity index (χ2v) is 9.23. The lowest BCUT2D eigenvalue weighted by atomic mass is 10.0. The summed E-state index contributed by atoms with van der Waals surface area (Å²) >= 11 is 0. The van der Waals surface area contributed by atoms with Gasteiger partial charge in [0, 0.05) is 0 Å². The highest BCUT2D eigenvalue weighted by atomic mass is 32.2. The largest absolute Gasteiger partial charge is 0.372 e. The van der Waals surface area contributed by atoms with Crippen LogP contribution >= 0.6 is 0 Å². The third-order valence-corrected chi connectivity index (χ3v) is 6.44. The zero-order valence-electron chi connectivity index (χ0n) is 16.6. The Kier molecular flexibility index (Phi) is 14.9. The molecule has 0 fully saturated rings. The van der Waals surface area contributed by atoms with Gasteiger partial charge in [0.15, 0.2) is 4.93 Å². The van der Waals surface area contributed by atoms with E-state index in [0.29, 0.717) is 12.8 Å². The average molecular weight is 379 g/mol. The molecule has 1 atom stereocenters. The minimum atomic E-state index is -4.41. The Morgan fingerprint density at radius 2 is 0.880 bits per heavy atom. The van der Waals surface area contributed by atoms with Gasteiger partial charge >= 0.3 is 0 Å². The number of hydrogen-bond acceptors (Lipinski definition) is 3. The standard InChI is InChI=1S/C20H42O4S/c1-3-5-7-9-10-11-12-13-14-15-17-19-20(21,25(22,23)24)18-16-8-6-4-2/h21H,3-19H2,1-2H3,(H,22,23,24). The fourth-order valence-electron chi connectivity index (χ4n) is 3.28. The third-order valence-electron chi connectivity index (χ3n) is 5.07. The molecule has 0 aromatic carbocycles. The molecule has 25 heavy (non-hydrogen) atoms. The van der Waals surface area contributed by atoms with Crippen molar-refractivity contribution in [2.75, 3.05) is 0 Å². The SMILES string of the molecule is CCCCCCCCCCCCCC(O)(CCCCCC)S(=O)(=O)O. The first-order valence-electron chi connectivity index (χ1n) is 10.6. The Labute approximate surface area is 156 Å². The molecule has 0 saturated heterocycles. The summed E-state index contributed by atoms with van der Waals surface area (Å²) in [5.41, 5.74) is 0. The van der Waals surface area contributed by atoms with Gasteiger partial charge in [0.2, 0.25) is 0 Å². The molecular formula is C20H42O4S. The summed E-state index contributed by atoms with van der Waals surface area (Å²) in [4.78, 5) is -1.94. The maximum absolute atomic E-state index is 11.5. The number of unbranched alkanes of at least 4 members (excludes halogenated alkanes) is 13. The van der Waals surface area contributed by atoms with Crippen molar-refractivity contribution < 1.29 is 18.1 Å². The maximum Gasteiger partial charge on any atom is 0.294 e. The van der Waals surface area contributed by atoms with Crippen LogP contribution in [0.15, 0.2) is 0 Å². The van der Waals surface area contributed by atoms with Crippen LogP contribution in [0.1, 0.15) is 123 Å². The smallest absolute Gasteiger partial charge is 0.294 e. The summed E-state index contributed by atoms with van der Waals surface area (Å²) in [5, 5.41) is 10.4. The van der Waals surface area contributed by atoms with Crippen molar-refractivity contribution >= 4 is 10.1 Å². The first kappa shape index (κ1) is 24.9. The van der Waals surface area contributed by atoms with Crippen LogP contribution in [0.3, 0.4) is 0 Å². The first-order chi connectivity index (χ1) is 11.9. The third kappa shape index (κ3) is 12.8. The molecule has 0 bridgehead atoms. The van der Waals surface area contributed by atoms with Gasteiger partial charge in [-0.1, -0.05) is 97.3 Å². The molecule has 2 N–H and O–H groups in total. The van der Waals surface area contributed by atoms with Crippen molar-refractivity contribution in [3.05, 3.63) is 0 Å². The second-order valence-electron chi connectivity index (χ2n) is 7.52. The summed E-state index contributed by atoms with van der Waals surface area (Å²) < 4.78 is 32.4. The highest BCUT2D eigenvalue weighted by molar-refractivity contribution is 7.87. The zero-order valence-corrected chi connectivity index (χ0v) is 17.5. The van der Waals surface area contributed by atoms with E-state index >= 15 is 0 Å². The Hall–Kier alpha value is -0.130. The molecule has 4 nitrogen and oxygen atoms in total. The van der Waals surface area contributed by atoms with Gasteiger partial charge in [-0.05, 0) is 25.7 Å². The lowest BCUT2D eigenvalue weighted by Gasteiger charge is -2.24. The van der Waals surface area contributed by atoms with Crippen LogP contribution in [0.2, 0.25) is 0 Å². The minimum Gasteiger partial charge on any atom is -0.372 e. The molecule has 0 rings (SSSR count). The molecule has 0 amide bonds. The lowest BCUT2D eigenvalue weighted by Crippen LogP contribution is -2.38. The van der Waals surface area contributed by atoms with E-state index in [2.05, 4.69) is 13.8 Å². The monoisotopic (exact) mass is 378 g/mol. The molecule has 152 valence electrons. The molecule has 1 unspecified atom stereocenters. The number of rotatable bonds is 18. The van der Waals surface area contributed by atoms with Crippen molar-refractivity contribution in [1.82, 2.24) is 0 Å². The van der Waals surface area contributed by atoms with Crippen LogP contribution in [0.5, 0.6) is 0 Å². The highest BCUT2D eigenvalue weighted by Crippen LogP contribution is 2.28. The fraction of sp³-hybridized carbons (Fsp3) is 1.00. The molecule has 0 radical (unpaired) electrons. The molecule has 5 heteroatoms. The number of aliphatic hydroxyl groups is 1. The Balaban J connectivity index is 3.81. The summed E-state index contributed by atoms with van der Waals surface area (Å²) in [7, 11) is -4.41.